The maximum Gasteiger partial charge on any atom is 0.416 e. The normalized spacial score (nSPS) is 13.4. The summed E-state index contributed by atoms with van der Waals surface area (Å²) in [4.78, 5) is 0. The molecule has 114 valence electrons. The van der Waals surface area contributed by atoms with Crippen molar-refractivity contribution in [3.8, 4) is 0 Å². The molecule has 0 saturated carbocycles. The Morgan fingerprint density at radius 2 is 2.05 bits per heavy atom. The van der Waals surface area contributed by atoms with Gasteiger partial charge in [-0.15, -0.1) is 0 Å². The van der Waals surface area contributed by atoms with Crippen LogP contribution < -0.4 is 0 Å². The number of aliphatic hydroxyl groups excluding tert-OH is 1. The second-order valence-corrected chi connectivity index (χ2v) is 4.98. The molecule has 0 radical (unpaired) electrons. The topological polar surface area (TPSA) is 38.0 Å². The highest BCUT2D eigenvalue weighted by Gasteiger charge is 2.30. The summed E-state index contributed by atoms with van der Waals surface area (Å²) in [6, 6.07) is 5.04. The lowest BCUT2D eigenvalue weighted by atomic mass is 9.99. The molecular weight excluding hydrogens is 281 g/mol. The molecule has 0 aliphatic carbocycles. The van der Waals surface area contributed by atoms with E-state index in [0.717, 1.165) is 17.8 Å². The molecule has 3 nitrogen and oxygen atoms in total. The van der Waals surface area contributed by atoms with Gasteiger partial charge in [0.05, 0.1) is 17.4 Å². The van der Waals surface area contributed by atoms with Crippen LogP contribution in [0.1, 0.15) is 35.4 Å². The van der Waals surface area contributed by atoms with Crippen LogP contribution in [0.3, 0.4) is 0 Å². The molecular formula is C15H17F3N2O. The quantitative estimate of drug-likeness (QED) is 0.940. The number of aliphatic hydroxyl groups is 1. The van der Waals surface area contributed by atoms with Crippen LogP contribution in [0, 0.1) is 0 Å². The van der Waals surface area contributed by atoms with Crippen LogP contribution in [0.2, 0.25) is 0 Å². The molecule has 6 heteroatoms. The fraction of sp³-hybridized carbons (Fsp3) is 0.400. The van der Waals surface area contributed by atoms with Gasteiger partial charge in [0.25, 0.3) is 0 Å². The molecule has 2 aromatic rings. The van der Waals surface area contributed by atoms with Crippen molar-refractivity contribution in [3.63, 3.8) is 0 Å². The Morgan fingerprint density at radius 1 is 1.33 bits per heavy atom. The maximum absolute atomic E-state index is 12.7. The average Bonchev–Trinajstić information content (AvgIpc) is 2.79. The van der Waals surface area contributed by atoms with Gasteiger partial charge in [-0.25, -0.2) is 0 Å². The molecule has 1 unspecified atom stereocenters. The van der Waals surface area contributed by atoms with Crippen LogP contribution in [0.5, 0.6) is 0 Å². The lowest BCUT2D eigenvalue weighted by molar-refractivity contribution is -0.137. The van der Waals surface area contributed by atoms with Crippen molar-refractivity contribution in [2.45, 2.75) is 32.0 Å². The number of nitrogens with zero attached hydrogens (tertiary/aromatic N) is 2. The number of alkyl halides is 3. The summed E-state index contributed by atoms with van der Waals surface area (Å²) in [7, 11) is 1.75. The van der Waals surface area contributed by atoms with Crippen LogP contribution in [-0.2, 0) is 26.1 Å². The molecule has 0 spiro atoms. The van der Waals surface area contributed by atoms with Gasteiger partial charge in [-0.3, -0.25) is 4.68 Å². The first kappa shape index (κ1) is 15.6. The second-order valence-electron chi connectivity index (χ2n) is 4.98. The molecule has 1 heterocycles. The monoisotopic (exact) mass is 298 g/mol. The first-order valence-corrected chi connectivity index (χ1v) is 6.68. The fourth-order valence-corrected chi connectivity index (χ4v) is 2.31. The molecule has 1 aromatic heterocycles. The Labute approximate surface area is 121 Å². The molecule has 0 fully saturated rings. The SMILES string of the molecule is CCc1nn(C)cc1C(O)Cc1cccc(C(F)(F)F)c1. The Morgan fingerprint density at radius 3 is 2.67 bits per heavy atom. The number of aryl methyl sites for hydroxylation is 2. The summed E-state index contributed by atoms with van der Waals surface area (Å²) in [6.07, 6.45) is -2.74. The summed E-state index contributed by atoms with van der Waals surface area (Å²) in [6.45, 7) is 1.92. The molecule has 1 aromatic carbocycles. The van der Waals surface area contributed by atoms with Crippen LogP contribution in [0.4, 0.5) is 13.2 Å². The van der Waals surface area contributed by atoms with Crippen LogP contribution in [-0.4, -0.2) is 14.9 Å². The van der Waals surface area contributed by atoms with Crippen molar-refractivity contribution in [2.75, 3.05) is 0 Å². The average molecular weight is 298 g/mol. The van der Waals surface area contributed by atoms with Gasteiger partial charge in [-0.1, -0.05) is 25.1 Å². The molecule has 0 amide bonds. The number of aromatic nitrogens is 2. The van der Waals surface area contributed by atoms with E-state index < -0.39 is 17.8 Å². The number of hydrogen-bond donors (Lipinski definition) is 1. The van der Waals surface area contributed by atoms with Gasteiger partial charge in [0, 0.05) is 25.2 Å². The predicted molar refractivity (Wildman–Crippen MR) is 72.7 cm³/mol. The van der Waals surface area contributed by atoms with Gasteiger partial charge in [0.1, 0.15) is 0 Å². The molecule has 2 rings (SSSR count). The van der Waals surface area contributed by atoms with E-state index in [1.165, 1.54) is 6.07 Å². The lowest BCUT2D eigenvalue weighted by Crippen LogP contribution is -2.07. The lowest BCUT2D eigenvalue weighted by Gasteiger charge is -2.12. The minimum Gasteiger partial charge on any atom is -0.388 e. The van der Waals surface area contributed by atoms with Gasteiger partial charge >= 0.3 is 6.18 Å². The van der Waals surface area contributed by atoms with Crippen LogP contribution in [0.25, 0.3) is 0 Å². The Hall–Kier alpha value is -1.82. The Bertz CT molecular complexity index is 620. The van der Waals surface area contributed by atoms with Gasteiger partial charge < -0.3 is 5.11 Å². The smallest absolute Gasteiger partial charge is 0.388 e. The van der Waals surface area contributed by atoms with Crippen molar-refractivity contribution in [1.82, 2.24) is 9.78 Å². The maximum atomic E-state index is 12.7. The van der Waals surface area contributed by atoms with E-state index in [0.29, 0.717) is 17.5 Å². The number of halogens is 3. The van der Waals surface area contributed by atoms with Crippen molar-refractivity contribution >= 4 is 0 Å². The fourth-order valence-electron chi connectivity index (χ4n) is 2.31. The van der Waals surface area contributed by atoms with Gasteiger partial charge in [-0.05, 0) is 18.1 Å². The van der Waals surface area contributed by atoms with Gasteiger partial charge in [0.15, 0.2) is 0 Å². The number of benzene rings is 1. The van der Waals surface area contributed by atoms with E-state index in [1.807, 2.05) is 6.92 Å². The standard InChI is InChI=1S/C15H17F3N2O/c1-3-13-12(9-20(2)19-13)14(21)8-10-5-4-6-11(7-10)15(16,17)18/h4-7,9,14,21H,3,8H2,1-2H3. The number of rotatable bonds is 4. The van der Waals surface area contributed by atoms with E-state index in [-0.39, 0.29) is 6.42 Å². The Balaban J connectivity index is 2.21. The zero-order chi connectivity index (χ0) is 15.6. The van der Waals surface area contributed by atoms with Crippen molar-refractivity contribution in [2.24, 2.45) is 7.05 Å². The van der Waals surface area contributed by atoms with E-state index in [2.05, 4.69) is 5.10 Å². The predicted octanol–water partition coefficient (Wildman–Crippen LogP) is 3.28. The zero-order valence-corrected chi connectivity index (χ0v) is 11.9. The summed E-state index contributed by atoms with van der Waals surface area (Å²) in [5, 5.41) is 14.5. The molecule has 1 N–H and O–H groups in total. The zero-order valence-electron chi connectivity index (χ0n) is 11.9. The summed E-state index contributed by atoms with van der Waals surface area (Å²) >= 11 is 0. The van der Waals surface area contributed by atoms with Crippen LogP contribution in [0.15, 0.2) is 30.5 Å². The summed E-state index contributed by atoms with van der Waals surface area (Å²) in [5.41, 5.74) is 1.17. The molecule has 0 saturated heterocycles. The van der Waals surface area contributed by atoms with E-state index in [4.69, 9.17) is 0 Å². The minimum absolute atomic E-state index is 0.128. The molecule has 0 aliphatic rings. The summed E-state index contributed by atoms with van der Waals surface area (Å²) in [5.74, 6) is 0. The van der Waals surface area contributed by atoms with E-state index in [9.17, 15) is 18.3 Å². The largest absolute Gasteiger partial charge is 0.416 e. The molecule has 1 atom stereocenters. The highest BCUT2D eigenvalue weighted by molar-refractivity contribution is 5.28. The number of hydrogen-bond acceptors (Lipinski definition) is 2. The van der Waals surface area contributed by atoms with Crippen molar-refractivity contribution in [1.29, 1.82) is 0 Å². The first-order chi connectivity index (χ1) is 9.81. The second kappa shape index (κ2) is 5.89. The third kappa shape index (κ3) is 3.64. The highest BCUT2D eigenvalue weighted by Crippen LogP contribution is 2.30. The third-order valence-corrected chi connectivity index (χ3v) is 3.31. The third-order valence-electron chi connectivity index (χ3n) is 3.31. The van der Waals surface area contributed by atoms with E-state index >= 15 is 0 Å². The molecule has 0 aliphatic heterocycles. The molecule has 0 bridgehead atoms. The minimum atomic E-state index is -4.37. The van der Waals surface area contributed by atoms with Crippen molar-refractivity contribution < 1.29 is 18.3 Å². The first-order valence-electron chi connectivity index (χ1n) is 6.68. The van der Waals surface area contributed by atoms with Gasteiger partial charge in [0.2, 0.25) is 0 Å². The Kier molecular flexibility index (Phi) is 4.37. The highest BCUT2D eigenvalue weighted by atomic mass is 19.4. The molecule has 21 heavy (non-hydrogen) atoms. The van der Waals surface area contributed by atoms with E-state index in [1.54, 1.807) is 24.0 Å². The van der Waals surface area contributed by atoms with Crippen LogP contribution >= 0.6 is 0 Å². The van der Waals surface area contributed by atoms with Gasteiger partial charge in [-0.2, -0.15) is 18.3 Å². The van der Waals surface area contributed by atoms with Crippen molar-refractivity contribution in [3.05, 3.63) is 52.8 Å². The summed E-state index contributed by atoms with van der Waals surface area (Å²) < 4.78 is 39.6.